The van der Waals surface area contributed by atoms with Gasteiger partial charge in [0.05, 0.1) is 5.56 Å². The second-order valence-electron chi connectivity index (χ2n) is 7.94. The number of aromatic amines is 1. The van der Waals surface area contributed by atoms with E-state index in [-0.39, 0.29) is 11.9 Å². The molecule has 1 amide bonds. The fourth-order valence-corrected chi connectivity index (χ4v) is 4.16. The summed E-state index contributed by atoms with van der Waals surface area (Å²) in [5, 5.41) is 8.40. The molecule has 3 aromatic rings. The zero-order chi connectivity index (χ0) is 19.1. The summed E-state index contributed by atoms with van der Waals surface area (Å²) in [5.41, 5.74) is 4.24. The van der Waals surface area contributed by atoms with Crippen molar-refractivity contribution >= 4 is 34.2 Å². The number of aromatic nitrogens is 2. The maximum Gasteiger partial charge on any atom is 0.253 e. The number of carbonyl (C=O) groups excluding carboxylic acids is 1. The average molecular weight is 395 g/mol. The van der Waals surface area contributed by atoms with Crippen LogP contribution in [-0.2, 0) is 12.8 Å². The lowest BCUT2D eigenvalue weighted by atomic mass is 9.91. The predicted octanol–water partition coefficient (Wildman–Crippen LogP) is 4.33. The monoisotopic (exact) mass is 394 g/mol. The van der Waals surface area contributed by atoms with Crippen LogP contribution in [0.1, 0.15) is 40.9 Å². The molecular weight excluding hydrogens is 372 g/mol. The number of nitrogens with zero attached hydrogens (tertiary/aromatic N) is 1. The molecule has 1 aromatic carbocycles. The van der Waals surface area contributed by atoms with Crippen LogP contribution in [0.3, 0.4) is 0 Å². The number of amides is 1. The van der Waals surface area contributed by atoms with E-state index in [9.17, 15) is 4.79 Å². The van der Waals surface area contributed by atoms with Gasteiger partial charge in [-0.3, -0.25) is 4.79 Å². The molecule has 1 fully saturated rings. The van der Waals surface area contributed by atoms with Crippen molar-refractivity contribution in [2.45, 2.75) is 38.1 Å². The lowest BCUT2D eigenvalue weighted by molar-refractivity contribution is 0.0933. The molecule has 28 heavy (non-hydrogen) atoms. The summed E-state index contributed by atoms with van der Waals surface area (Å²) in [4.78, 5) is 20.5. The Balaban J connectivity index is 1.25. The number of hydrogen-bond acceptors (Lipinski definition) is 3. The second-order valence-corrected chi connectivity index (χ2v) is 8.38. The van der Waals surface area contributed by atoms with Crippen LogP contribution < -0.4 is 10.6 Å². The summed E-state index contributed by atoms with van der Waals surface area (Å²) < 4.78 is 0. The number of benzene rings is 1. The highest BCUT2D eigenvalue weighted by Crippen LogP contribution is 2.31. The molecule has 1 atom stereocenters. The van der Waals surface area contributed by atoms with Crippen LogP contribution in [0, 0.1) is 5.92 Å². The number of pyridine rings is 1. The number of hydrogen-bond donors (Lipinski definition) is 3. The van der Waals surface area contributed by atoms with Crippen molar-refractivity contribution in [2.75, 3.05) is 11.9 Å². The first kappa shape index (κ1) is 17.6. The number of anilines is 1. The van der Waals surface area contributed by atoms with Crippen LogP contribution in [0.15, 0.2) is 36.5 Å². The normalized spacial score (nSPS) is 18.7. The third-order valence-electron chi connectivity index (χ3n) is 5.78. The molecule has 0 bridgehead atoms. The van der Waals surface area contributed by atoms with Crippen LogP contribution >= 0.6 is 11.6 Å². The molecule has 2 aliphatic carbocycles. The molecular formula is C22H23ClN4O. The van der Waals surface area contributed by atoms with Gasteiger partial charge in [0.2, 0.25) is 0 Å². The van der Waals surface area contributed by atoms with E-state index in [2.05, 4.69) is 20.6 Å². The van der Waals surface area contributed by atoms with Crippen molar-refractivity contribution in [1.82, 2.24) is 15.3 Å². The Morgan fingerprint density at radius 3 is 2.89 bits per heavy atom. The minimum atomic E-state index is -0.0624. The molecule has 144 valence electrons. The van der Waals surface area contributed by atoms with Gasteiger partial charge in [0.1, 0.15) is 5.82 Å². The van der Waals surface area contributed by atoms with Crippen molar-refractivity contribution in [3.63, 3.8) is 0 Å². The topological polar surface area (TPSA) is 69.8 Å². The Hall–Kier alpha value is -2.53. The molecule has 5 rings (SSSR count). The van der Waals surface area contributed by atoms with Gasteiger partial charge >= 0.3 is 0 Å². The third-order valence-corrected chi connectivity index (χ3v) is 6.01. The summed E-state index contributed by atoms with van der Waals surface area (Å²) in [5.74, 6) is 1.56. The SMILES string of the molecule is O=C(NC1CCc2[nH]c3ccc(Cl)cc3c2C1)c1ccc(NCC2CC2)nc1. The Labute approximate surface area is 168 Å². The maximum absolute atomic E-state index is 12.7. The highest BCUT2D eigenvalue weighted by atomic mass is 35.5. The fraction of sp³-hybridized carbons (Fsp3) is 0.364. The van der Waals surface area contributed by atoms with Crippen molar-refractivity contribution in [2.24, 2.45) is 5.92 Å². The third kappa shape index (κ3) is 3.59. The van der Waals surface area contributed by atoms with Crippen LogP contribution in [0.2, 0.25) is 5.02 Å². The van der Waals surface area contributed by atoms with Crippen molar-refractivity contribution in [1.29, 1.82) is 0 Å². The highest BCUT2D eigenvalue weighted by Gasteiger charge is 2.24. The van der Waals surface area contributed by atoms with Crippen LogP contribution in [0.4, 0.5) is 5.82 Å². The molecule has 6 heteroatoms. The van der Waals surface area contributed by atoms with E-state index < -0.39 is 0 Å². The summed E-state index contributed by atoms with van der Waals surface area (Å²) in [6.07, 6.45) is 6.93. The van der Waals surface area contributed by atoms with Crippen molar-refractivity contribution in [3.8, 4) is 0 Å². The van der Waals surface area contributed by atoms with Gasteiger partial charge < -0.3 is 15.6 Å². The number of halogens is 1. The minimum Gasteiger partial charge on any atom is -0.370 e. The molecule has 0 saturated heterocycles. The quantitative estimate of drug-likeness (QED) is 0.603. The first-order chi connectivity index (χ1) is 13.7. The van der Waals surface area contributed by atoms with E-state index in [0.29, 0.717) is 5.56 Å². The minimum absolute atomic E-state index is 0.0624. The first-order valence-electron chi connectivity index (χ1n) is 9.95. The fourth-order valence-electron chi connectivity index (χ4n) is 3.98. The number of H-pyrrole nitrogens is 1. The molecule has 2 aliphatic rings. The number of rotatable bonds is 5. The molecule has 0 radical (unpaired) electrons. The molecule has 2 heterocycles. The summed E-state index contributed by atoms with van der Waals surface area (Å²) in [6.45, 7) is 0.970. The molecule has 1 unspecified atom stereocenters. The average Bonchev–Trinajstić information content (AvgIpc) is 3.47. The van der Waals surface area contributed by atoms with Gasteiger partial charge in [-0.1, -0.05) is 11.6 Å². The molecule has 2 aromatic heterocycles. The smallest absolute Gasteiger partial charge is 0.253 e. The molecule has 1 saturated carbocycles. The van der Waals surface area contributed by atoms with Gasteiger partial charge in [0.15, 0.2) is 0 Å². The standard InChI is InChI=1S/C22H23ClN4O/c23-15-4-6-19-17(9-15)18-10-16(5-7-20(18)27-19)26-22(28)14-3-8-21(25-12-14)24-11-13-1-2-13/h3-4,6,8-9,12-13,16,27H,1-2,5,7,10-11H2,(H,24,25)(H,26,28). The van der Waals surface area contributed by atoms with Crippen LogP contribution in [-0.4, -0.2) is 28.5 Å². The van der Waals surface area contributed by atoms with Gasteiger partial charge in [0, 0.05) is 40.4 Å². The van der Waals surface area contributed by atoms with Crippen LogP contribution in [0.25, 0.3) is 10.9 Å². The van der Waals surface area contributed by atoms with Gasteiger partial charge in [-0.15, -0.1) is 0 Å². The Kier molecular flexibility index (Phi) is 4.47. The molecule has 0 spiro atoms. The van der Waals surface area contributed by atoms with Crippen LogP contribution in [0.5, 0.6) is 0 Å². The lowest BCUT2D eigenvalue weighted by Crippen LogP contribution is -2.38. The van der Waals surface area contributed by atoms with Crippen molar-refractivity contribution < 1.29 is 4.79 Å². The van der Waals surface area contributed by atoms with E-state index in [1.807, 2.05) is 30.3 Å². The van der Waals surface area contributed by atoms with Gasteiger partial charge in [-0.25, -0.2) is 4.98 Å². The van der Waals surface area contributed by atoms with Gasteiger partial charge in [0.25, 0.3) is 5.91 Å². The molecule has 3 N–H and O–H groups in total. The zero-order valence-corrected chi connectivity index (χ0v) is 16.4. The second kappa shape index (κ2) is 7.13. The van der Waals surface area contributed by atoms with Crippen molar-refractivity contribution in [3.05, 3.63) is 58.4 Å². The number of nitrogens with one attached hydrogen (secondary N) is 3. The largest absolute Gasteiger partial charge is 0.370 e. The predicted molar refractivity (Wildman–Crippen MR) is 112 cm³/mol. The zero-order valence-electron chi connectivity index (χ0n) is 15.6. The lowest BCUT2D eigenvalue weighted by Gasteiger charge is -2.23. The Morgan fingerprint density at radius 2 is 2.11 bits per heavy atom. The van der Waals surface area contributed by atoms with Gasteiger partial charge in [-0.05, 0) is 73.9 Å². The Bertz CT molecular complexity index is 1020. The number of fused-ring (bicyclic) bond motifs is 3. The maximum atomic E-state index is 12.7. The molecule has 0 aliphatic heterocycles. The Morgan fingerprint density at radius 1 is 1.21 bits per heavy atom. The summed E-state index contributed by atoms with van der Waals surface area (Å²) in [6, 6.07) is 9.78. The van der Waals surface area contributed by atoms with E-state index in [1.165, 1.54) is 24.1 Å². The summed E-state index contributed by atoms with van der Waals surface area (Å²) in [7, 11) is 0. The highest BCUT2D eigenvalue weighted by molar-refractivity contribution is 6.31. The van der Waals surface area contributed by atoms with E-state index in [0.717, 1.165) is 53.5 Å². The van der Waals surface area contributed by atoms with E-state index in [1.54, 1.807) is 6.20 Å². The van der Waals surface area contributed by atoms with Gasteiger partial charge in [-0.2, -0.15) is 0 Å². The number of aryl methyl sites for hydroxylation is 1. The molecule has 5 nitrogen and oxygen atoms in total. The van der Waals surface area contributed by atoms with E-state index in [4.69, 9.17) is 11.6 Å². The summed E-state index contributed by atoms with van der Waals surface area (Å²) >= 11 is 6.18. The van der Waals surface area contributed by atoms with E-state index >= 15 is 0 Å². The first-order valence-corrected chi connectivity index (χ1v) is 10.3. The number of carbonyl (C=O) groups is 1.